The average Bonchev–Trinajstić information content (AvgIpc) is 2.38. The van der Waals surface area contributed by atoms with Gasteiger partial charge in [0.05, 0.1) is 0 Å². The Morgan fingerprint density at radius 2 is 1.61 bits per heavy atom. The lowest BCUT2D eigenvalue weighted by Crippen LogP contribution is -2.19. The predicted molar refractivity (Wildman–Crippen MR) is 77.0 cm³/mol. The van der Waals surface area contributed by atoms with Crippen molar-refractivity contribution < 1.29 is 5.11 Å². The molecule has 0 amide bonds. The maximum atomic E-state index is 10.4. The predicted octanol–water partition coefficient (Wildman–Crippen LogP) is 3.71. The Labute approximate surface area is 116 Å². The van der Waals surface area contributed by atoms with Crippen molar-refractivity contribution in [3.05, 3.63) is 70.2 Å². The van der Waals surface area contributed by atoms with E-state index in [0.29, 0.717) is 0 Å². The molecule has 1 N–H and O–H groups in total. The monoisotopic (exact) mass is 300 g/mol. The summed E-state index contributed by atoms with van der Waals surface area (Å²) < 4.78 is 0.859. The van der Waals surface area contributed by atoms with Crippen molar-refractivity contribution in [2.75, 3.05) is 0 Å². The van der Waals surface area contributed by atoms with E-state index < -0.39 is 5.60 Å². The molecule has 1 unspecified atom stereocenters. The topological polar surface area (TPSA) is 20.2 Å². The summed E-state index contributed by atoms with van der Waals surface area (Å²) in [6.07, 6.45) is 0. The van der Waals surface area contributed by atoms with Gasteiger partial charge in [-0.15, -0.1) is 0 Å². The van der Waals surface area contributed by atoms with Crippen molar-refractivity contribution in [1.29, 1.82) is 0 Å². The standard InChI is InChI=1S/C16H13BrO/c1-16(18,14-9-5-6-10-15(14)17)12-11-13-7-3-2-4-8-13/h2-10,18H,1H3. The number of benzene rings is 2. The number of rotatable bonds is 1. The van der Waals surface area contributed by atoms with Crippen molar-refractivity contribution in [1.82, 2.24) is 0 Å². The van der Waals surface area contributed by atoms with E-state index in [1.807, 2.05) is 54.6 Å². The van der Waals surface area contributed by atoms with Crippen LogP contribution in [0.2, 0.25) is 0 Å². The Kier molecular flexibility index (Phi) is 3.86. The lowest BCUT2D eigenvalue weighted by atomic mass is 9.96. The van der Waals surface area contributed by atoms with Crippen LogP contribution >= 0.6 is 15.9 Å². The first-order valence-electron chi connectivity index (χ1n) is 5.65. The summed E-state index contributed by atoms with van der Waals surface area (Å²) in [6, 6.07) is 17.2. The SMILES string of the molecule is CC(O)(C#Cc1ccccc1)c1ccccc1Br. The third-order valence-electron chi connectivity index (χ3n) is 2.62. The molecule has 0 heterocycles. The summed E-state index contributed by atoms with van der Waals surface area (Å²) in [6.45, 7) is 1.70. The summed E-state index contributed by atoms with van der Waals surface area (Å²) in [5.41, 5.74) is 0.494. The summed E-state index contributed by atoms with van der Waals surface area (Å²) in [5.74, 6) is 5.90. The fraction of sp³-hybridized carbons (Fsp3) is 0.125. The normalized spacial score (nSPS) is 13.3. The van der Waals surface area contributed by atoms with Crippen LogP contribution in [0.15, 0.2) is 59.1 Å². The van der Waals surface area contributed by atoms with E-state index in [2.05, 4.69) is 27.8 Å². The number of halogens is 1. The maximum absolute atomic E-state index is 10.4. The molecule has 0 spiro atoms. The molecule has 0 saturated carbocycles. The van der Waals surface area contributed by atoms with Crippen molar-refractivity contribution in [2.24, 2.45) is 0 Å². The van der Waals surface area contributed by atoms with Gasteiger partial charge >= 0.3 is 0 Å². The Morgan fingerprint density at radius 1 is 1.00 bits per heavy atom. The van der Waals surface area contributed by atoms with E-state index in [1.165, 1.54) is 0 Å². The molecule has 1 nitrogen and oxygen atoms in total. The van der Waals surface area contributed by atoms with Gasteiger partial charge in [-0.3, -0.25) is 0 Å². The van der Waals surface area contributed by atoms with Crippen LogP contribution in [0.3, 0.4) is 0 Å². The minimum atomic E-state index is -1.17. The van der Waals surface area contributed by atoms with Crippen LogP contribution in [0.25, 0.3) is 0 Å². The lowest BCUT2D eigenvalue weighted by Gasteiger charge is -2.18. The van der Waals surface area contributed by atoms with Crippen LogP contribution in [-0.4, -0.2) is 5.11 Å². The molecule has 2 heteroatoms. The molecule has 2 rings (SSSR count). The summed E-state index contributed by atoms with van der Waals surface area (Å²) in [7, 11) is 0. The van der Waals surface area contributed by atoms with Crippen LogP contribution in [0.4, 0.5) is 0 Å². The minimum absolute atomic E-state index is 0.772. The second-order valence-corrected chi connectivity index (χ2v) is 5.02. The smallest absolute Gasteiger partial charge is 0.149 e. The molecule has 0 aliphatic carbocycles. The summed E-state index contributed by atoms with van der Waals surface area (Å²) >= 11 is 3.43. The molecule has 0 saturated heterocycles. The van der Waals surface area contributed by atoms with Gasteiger partial charge in [0.15, 0.2) is 0 Å². The first-order chi connectivity index (χ1) is 8.59. The zero-order valence-corrected chi connectivity index (χ0v) is 11.6. The molecule has 2 aromatic carbocycles. The fourth-order valence-electron chi connectivity index (χ4n) is 1.64. The van der Waals surface area contributed by atoms with E-state index in [1.54, 1.807) is 6.92 Å². The van der Waals surface area contributed by atoms with Crippen molar-refractivity contribution >= 4 is 15.9 Å². The molecule has 2 aromatic rings. The van der Waals surface area contributed by atoms with Crippen LogP contribution in [0.5, 0.6) is 0 Å². The highest BCUT2D eigenvalue weighted by molar-refractivity contribution is 9.10. The van der Waals surface area contributed by atoms with Gasteiger partial charge in [-0.25, -0.2) is 0 Å². The first kappa shape index (κ1) is 12.9. The molecular formula is C16H13BrO. The molecule has 0 aromatic heterocycles. The molecule has 1 atom stereocenters. The first-order valence-corrected chi connectivity index (χ1v) is 6.44. The summed E-state index contributed by atoms with van der Waals surface area (Å²) in [4.78, 5) is 0. The Balaban J connectivity index is 2.34. The second-order valence-electron chi connectivity index (χ2n) is 4.17. The highest BCUT2D eigenvalue weighted by Crippen LogP contribution is 2.27. The second kappa shape index (κ2) is 5.39. The highest BCUT2D eigenvalue weighted by Gasteiger charge is 2.22. The van der Waals surface area contributed by atoms with Crippen LogP contribution in [-0.2, 0) is 5.60 Å². The molecule has 0 aliphatic heterocycles. The van der Waals surface area contributed by atoms with Gasteiger partial charge < -0.3 is 5.11 Å². The van der Waals surface area contributed by atoms with E-state index in [0.717, 1.165) is 15.6 Å². The fourth-order valence-corrected chi connectivity index (χ4v) is 2.31. The number of hydrogen-bond donors (Lipinski definition) is 1. The highest BCUT2D eigenvalue weighted by atomic mass is 79.9. The number of hydrogen-bond acceptors (Lipinski definition) is 1. The third-order valence-corrected chi connectivity index (χ3v) is 3.31. The van der Waals surface area contributed by atoms with Crippen molar-refractivity contribution in [3.63, 3.8) is 0 Å². The van der Waals surface area contributed by atoms with Crippen molar-refractivity contribution in [3.8, 4) is 11.8 Å². The van der Waals surface area contributed by atoms with Gasteiger partial charge in [-0.2, -0.15) is 0 Å². The Bertz CT molecular complexity index is 591. The van der Waals surface area contributed by atoms with E-state index in [4.69, 9.17) is 0 Å². The minimum Gasteiger partial charge on any atom is -0.374 e. The quantitative estimate of drug-likeness (QED) is 0.796. The van der Waals surface area contributed by atoms with E-state index in [-0.39, 0.29) is 0 Å². The van der Waals surface area contributed by atoms with Crippen LogP contribution in [0.1, 0.15) is 18.1 Å². The largest absolute Gasteiger partial charge is 0.374 e. The number of aliphatic hydroxyl groups is 1. The van der Waals surface area contributed by atoms with Gasteiger partial charge in [0.2, 0.25) is 0 Å². The molecule has 0 fully saturated rings. The molecule has 0 bridgehead atoms. The lowest BCUT2D eigenvalue weighted by molar-refractivity contribution is 0.121. The van der Waals surface area contributed by atoms with Gasteiger partial charge in [-0.05, 0) is 25.1 Å². The van der Waals surface area contributed by atoms with Gasteiger partial charge in [0.25, 0.3) is 0 Å². The van der Waals surface area contributed by atoms with E-state index in [9.17, 15) is 5.11 Å². The molecule has 0 aliphatic rings. The van der Waals surface area contributed by atoms with E-state index >= 15 is 0 Å². The third kappa shape index (κ3) is 3.01. The molecule has 18 heavy (non-hydrogen) atoms. The summed E-state index contributed by atoms with van der Waals surface area (Å²) in [5, 5.41) is 10.4. The molecule has 0 radical (unpaired) electrons. The van der Waals surface area contributed by atoms with Gasteiger partial charge in [0.1, 0.15) is 5.60 Å². The Morgan fingerprint density at radius 3 is 2.28 bits per heavy atom. The molecule has 90 valence electrons. The Hall–Kier alpha value is -1.56. The van der Waals surface area contributed by atoms with Gasteiger partial charge in [-0.1, -0.05) is 64.2 Å². The maximum Gasteiger partial charge on any atom is 0.149 e. The van der Waals surface area contributed by atoms with Crippen molar-refractivity contribution in [2.45, 2.75) is 12.5 Å². The zero-order chi connectivity index (χ0) is 13.0. The zero-order valence-electron chi connectivity index (χ0n) is 10.0. The van der Waals surface area contributed by atoms with Crippen LogP contribution < -0.4 is 0 Å². The average molecular weight is 301 g/mol. The van der Waals surface area contributed by atoms with Crippen LogP contribution in [0, 0.1) is 11.8 Å². The van der Waals surface area contributed by atoms with Gasteiger partial charge in [0, 0.05) is 15.6 Å². The molecular weight excluding hydrogens is 288 g/mol.